The molecule has 2 aromatic carbocycles. The van der Waals surface area contributed by atoms with Crippen molar-refractivity contribution in [1.29, 1.82) is 0 Å². The molecule has 1 atom stereocenters. The Bertz CT molecular complexity index is 1150. The van der Waals surface area contributed by atoms with Crippen LogP contribution in [0.25, 0.3) is 5.76 Å². The van der Waals surface area contributed by atoms with Crippen molar-refractivity contribution in [2.45, 2.75) is 32.2 Å². The van der Waals surface area contributed by atoms with E-state index >= 15 is 0 Å². The first-order valence-corrected chi connectivity index (χ1v) is 12.1. The van der Waals surface area contributed by atoms with Gasteiger partial charge in [-0.25, -0.2) is 0 Å². The van der Waals surface area contributed by atoms with Gasteiger partial charge in [-0.2, -0.15) is 0 Å². The van der Waals surface area contributed by atoms with Crippen molar-refractivity contribution in [3.63, 3.8) is 0 Å². The molecule has 188 valence electrons. The Hall–Kier alpha value is -2.90. The number of aliphatic hydroxyl groups excluding tert-OH is 1. The maximum atomic E-state index is 13.3. The molecule has 3 rings (SSSR count). The summed E-state index contributed by atoms with van der Waals surface area (Å²) in [5, 5.41) is 11.6. The zero-order valence-corrected chi connectivity index (χ0v) is 22.0. The lowest BCUT2D eigenvalue weighted by molar-refractivity contribution is -0.139. The number of benzene rings is 2. The number of ether oxygens (including phenoxy) is 2. The molecule has 1 heterocycles. The summed E-state index contributed by atoms with van der Waals surface area (Å²) in [4.78, 5) is 29.9. The normalized spacial score (nSPS) is 17.1. The fraction of sp³-hybridized carbons (Fsp3) is 0.385. The summed E-state index contributed by atoms with van der Waals surface area (Å²) in [6, 6.07) is 8.17. The van der Waals surface area contributed by atoms with Crippen molar-refractivity contribution < 1.29 is 24.2 Å². The van der Waals surface area contributed by atoms with Gasteiger partial charge in [0.1, 0.15) is 10.8 Å². The topological polar surface area (TPSA) is 79.3 Å². The lowest BCUT2D eigenvalue weighted by Gasteiger charge is -2.26. The van der Waals surface area contributed by atoms with Crippen LogP contribution in [0.15, 0.2) is 35.9 Å². The minimum absolute atomic E-state index is 0.0419. The first kappa shape index (κ1) is 26.7. The van der Waals surface area contributed by atoms with Crippen LogP contribution in [0, 0.1) is 0 Å². The van der Waals surface area contributed by atoms with Gasteiger partial charge < -0.3 is 24.4 Å². The number of rotatable bonds is 9. The van der Waals surface area contributed by atoms with E-state index < -0.39 is 23.5 Å². The molecule has 9 heteroatoms. The van der Waals surface area contributed by atoms with Crippen LogP contribution in [0.1, 0.15) is 43.4 Å². The number of unbranched alkanes of at least 4 members (excludes halogenated alkanes) is 2. The Balaban J connectivity index is 2.24. The summed E-state index contributed by atoms with van der Waals surface area (Å²) < 4.78 is 10.7. The molecule has 1 unspecified atom stereocenters. The number of carbonyl (C=O) groups is 2. The number of hydrogen-bond donors (Lipinski definition) is 1. The second kappa shape index (κ2) is 11.2. The Morgan fingerprint density at radius 3 is 2.23 bits per heavy atom. The highest BCUT2D eigenvalue weighted by Gasteiger charge is 2.46. The molecule has 0 radical (unpaired) electrons. The highest BCUT2D eigenvalue weighted by atomic mass is 35.5. The molecular formula is C26H30Cl2N2O5. The number of methoxy groups -OCH3 is 2. The van der Waals surface area contributed by atoms with Crippen LogP contribution >= 0.6 is 23.2 Å². The van der Waals surface area contributed by atoms with Crippen LogP contribution in [0.5, 0.6) is 11.5 Å². The molecule has 1 aliphatic heterocycles. The molecule has 2 aromatic rings. The van der Waals surface area contributed by atoms with Crippen LogP contribution in [0.4, 0.5) is 5.69 Å². The standard InChI is InChI=1S/C26H30Cl2N2O5/c1-6-7-8-13-30-21(15-9-11-16(12-10-15)29(2)3)19(23(32)26(30)33)22(31)17-14-18(27)25(35-5)20(28)24(17)34-4/h9-12,14,21,31H,6-8,13H2,1-5H3/b22-19+. The number of Topliss-reactive ketones (excluding diaryl/α,β-unsaturated/α-hetero) is 1. The van der Waals surface area contributed by atoms with Crippen molar-refractivity contribution in [1.82, 2.24) is 4.90 Å². The monoisotopic (exact) mass is 520 g/mol. The van der Waals surface area contributed by atoms with Gasteiger partial charge in [-0.15, -0.1) is 0 Å². The molecular weight excluding hydrogens is 491 g/mol. The highest BCUT2D eigenvalue weighted by molar-refractivity contribution is 6.47. The van der Waals surface area contributed by atoms with Gasteiger partial charge in [0.05, 0.1) is 36.4 Å². The maximum absolute atomic E-state index is 13.3. The van der Waals surface area contributed by atoms with Gasteiger partial charge in [0.25, 0.3) is 11.7 Å². The SMILES string of the molecule is CCCCCN1C(=O)C(=O)/C(=C(/O)c2cc(Cl)c(OC)c(Cl)c2OC)C1c1ccc(N(C)C)cc1. The lowest BCUT2D eigenvalue weighted by atomic mass is 9.94. The minimum atomic E-state index is -0.772. The van der Waals surface area contributed by atoms with Crippen LogP contribution < -0.4 is 14.4 Å². The molecule has 0 spiro atoms. The van der Waals surface area contributed by atoms with Gasteiger partial charge >= 0.3 is 0 Å². The lowest BCUT2D eigenvalue weighted by Crippen LogP contribution is -2.30. The van der Waals surface area contributed by atoms with Gasteiger partial charge in [-0.05, 0) is 30.2 Å². The van der Waals surface area contributed by atoms with E-state index in [0.717, 1.165) is 24.9 Å². The van der Waals surface area contributed by atoms with Crippen LogP contribution in [0.3, 0.4) is 0 Å². The largest absolute Gasteiger partial charge is 0.507 e. The van der Waals surface area contributed by atoms with E-state index in [1.54, 1.807) is 0 Å². The number of likely N-dealkylation sites (tertiary alicyclic amines) is 1. The molecule has 1 saturated heterocycles. The summed E-state index contributed by atoms with van der Waals surface area (Å²) >= 11 is 12.7. The molecule has 1 amide bonds. The third-order valence-corrected chi connectivity index (χ3v) is 6.69. The number of aliphatic hydroxyl groups is 1. The van der Waals surface area contributed by atoms with E-state index in [2.05, 4.69) is 6.92 Å². The molecule has 1 N–H and O–H groups in total. The number of anilines is 1. The van der Waals surface area contributed by atoms with Gasteiger partial charge in [-0.1, -0.05) is 55.1 Å². The summed E-state index contributed by atoms with van der Waals surface area (Å²) in [6.45, 7) is 2.45. The second-order valence-electron chi connectivity index (χ2n) is 8.47. The molecule has 0 bridgehead atoms. The molecule has 0 aliphatic carbocycles. The van der Waals surface area contributed by atoms with Crippen molar-refractivity contribution in [3.8, 4) is 11.5 Å². The predicted molar refractivity (Wildman–Crippen MR) is 139 cm³/mol. The Labute approximate surface area is 215 Å². The number of carbonyl (C=O) groups excluding carboxylic acids is 2. The van der Waals surface area contributed by atoms with Crippen molar-refractivity contribution in [2.75, 3.05) is 39.8 Å². The average molecular weight is 521 g/mol. The van der Waals surface area contributed by atoms with E-state index in [1.165, 1.54) is 25.2 Å². The first-order valence-electron chi connectivity index (χ1n) is 11.3. The number of ketones is 1. The molecule has 1 aliphatic rings. The molecule has 7 nitrogen and oxygen atoms in total. The number of halogens is 2. The van der Waals surface area contributed by atoms with Gasteiger partial charge in [0.2, 0.25) is 0 Å². The third-order valence-electron chi connectivity index (χ3n) is 6.06. The smallest absolute Gasteiger partial charge is 0.295 e. The number of amides is 1. The second-order valence-corrected chi connectivity index (χ2v) is 9.26. The molecule has 0 aromatic heterocycles. The fourth-order valence-electron chi connectivity index (χ4n) is 4.24. The van der Waals surface area contributed by atoms with Crippen molar-refractivity contribution in [2.24, 2.45) is 0 Å². The number of hydrogen-bond acceptors (Lipinski definition) is 6. The maximum Gasteiger partial charge on any atom is 0.295 e. The summed E-state index contributed by atoms with van der Waals surface area (Å²) in [7, 11) is 6.64. The van der Waals surface area contributed by atoms with Gasteiger partial charge in [0.15, 0.2) is 11.5 Å². The van der Waals surface area contributed by atoms with Crippen molar-refractivity contribution in [3.05, 3.63) is 57.1 Å². The number of nitrogens with zero attached hydrogens (tertiary/aromatic N) is 2. The van der Waals surface area contributed by atoms with E-state index in [-0.39, 0.29) is 32.7 Å². The van der Waals surface area contributed by atoms with E-state index in [4.69, 9.17) is 32.7 Å². The van der Waals surface area contributed by atoms with Crippen LogP contribution in [0.2, 0.25) is 10.0 Å². The zero-order valence-electron chi connectivity index (χ0n) is 20.5. The zero-order chi connectivity index (χ0) is 25.9. The Morgan fingerprint density at radius 2 is 1.69 bits per heavy atom. The first-order chi connectivity index (χ1) is 16.7. The van der Waals surface area contributed by atoms with E-state index in [0.29, 0.717) is 12.1 Å². The van der Waals surface area contributed by atoms with Crippen LogP contribution in [-0.2, 0) is 9.59 Å². The Morgan fingerprint density at radius 1 is 1.06 bits per heavy atom. The van der Waals surface area contributed by atoms with Crippen molar-refractivity contribution >= 4 is 46.3 Å². The van der Waals surface area contributed by atoms with Gasteiger partial charge in [0, 0.05) is 26.3 Å². The highest BCUT2D eigenvalue weighted by Crippen LogP contribution is 2.47. The summed E-state index contributed by atoms with van der Waals surface area (Å²) in [5.41, 5.74) is 1.73. The minimum Gasteiger partial charge on any atom is -0.507 e. The average Bonchev–Trinajstić information content (AvgIpc) is 3.08. The van der Waals surface area contributed by atoms with Gasteiger partial charge in [-0.3, -0.25) is 9.59 Å². The Kier molecular flexibility index (Phi) is 8.56. The quantitative estimate of drug-likeness (QED) is 0.198. The summed E-state index contributed by atoms with van der Waals surface area (Å²) in [6.07, 6.45) is 2.61. The van der Waals surface area contributed by atoms with E-state index in [1.807, 2.05) is 43.3 Å². The molecule has 0 saturated carbocycles. The predicted octanol–water partition coefficient (Wildman–Crippen LogP) is 5.69. The van der Waals surface area contributed by atoms with Crippen LogP contribution in [-0.4, -0.2) is 56.6 Å². The molecule has 35 heavy (non-hydrogen) atoms. The molecule has 1 fully saturated rings. The third kappa shape index (κ3) is 5.07. The fourth-order valence-corrected chi connectivity index (χ4v) is 4.92. The van der Waals surface area contributed by atoms with E-state index in [9.17, 15) is 14.7 Å². The summed E-state index contributed by atoms with van der Waals surface area (Å²) in [5.74, 6) is -1.58.